The van der Waals surface area contributed by atoms with Crippen molar-refractivity contribution in [3.8, 4) is 23.0 Å². The molecule has 3 aromatic carbocycles. The number of rotatable bonds is 9. The average molecular weight is 689 g/mol. The highest BCUT2D eigenvalue weighted by Gasteiger charge is 2.36. The normalized spacial score (nSPS) is 14.0. The first-order valence-electron chi connectivity index (χ1n) is 14.8. The number of urea groups is 1. The summed E-state index contributed by atoms with van der Waals surface area (Å²) in [5, 5.41) is 8.62. The third-order valence-electron chi connectivity index (χ3n) is 7.68. The molecule has 1 aliphatic rings. The van der Waals surface area contributed by atoms with Crippen LogP contribution in [0.3, 0.4) is 0 Å². The molecule has 256 valence electrons. The van der Waals surface area contributed by atoms with Gasteiger partial charge >= 0.3 is 12.2 Å². The Morgan fingerprint density at radius 1 is 0.938 bits per heavy atom. The number of piperidine rings is 1. The molecular weight excluding hydrogens is 653 g/mol. The van der Waals surface area contributed by atoms with Gasteiger partial charge in [-0.3, -0.25) is 9.78 Å². The number of nitrogens with one attached hydrogen (secondary N) is 3. The van der Waals surface area contributed by atoms with Crippen LogP contribution < -0.4 is 40.8 Å². The number of nitrogens with two attached hydrogens (primary N) is 1. The number of fused-ring (bicyclic) bond motifs is 1. The lowest BCUT2D eigenvalue weighted by Gasteiger charge is -2.35. The van der Waals surface area contributed by atoms with Crippen molar-refractivity contribution in [2.75, 3.05) is 42.8 Å². The molecule has 0 aliphatic carbocycles. The van der Waals surface area contributed by atoms with Crippen molar-refractivity contribution in [3.05, 3.63) is 72.4 Å². The van der Waals surface area contributed by atoms with Crippen molar-refractivity contribution < 1.29 is 37.0 Å². The van der Waals surface area contributed by atoms with Gasteiger partial charge in [0.25, 0.3) is 0 Å². The van der Waals surface area contributed by atoms with E-state index in [1.807, 2.05) is 0 Å². The number of halogens is 4. The standard InChI is InChI=1S/C33H35F3N6O5.ClH/c1-19(37)31(43)39-20-10-13-42(14-11-20)27-8-7-22(16-25(27)33(34,35)36)41-32(44)40-21-5-4-6-23(15-21)47-28-9-12-38-26-18-30(46-3)29(45-2)17-24(26)28;/h4-9,12,15-20H,10-11,13-14,37H2,1-3H3,(H,39,43)(H2,40,41,44);1H/t19-;/m1./s1. The highest BCUT2D eigenvalue weighted by atomic mass is 35.5. The van der Waals surface area contributed by atoms with Gasteiger partial charge in [0, 0.05) is 59.9 Å². The first kappa shape index (κ1) is 35.9. The Hall–Kier alpha value is -4.95. The average Bonchev–Trinajstić information content (AvgIpc) is 3.04. The van der Waals surface area contributed by atoms with Crippen molar-refractivity contribution in [1.82, 2.24) is 10.3 Å². The number of pyridine rings is 1. The fourth-order valence-electron chi connectivity index (χ4n) is 5.31. The molecule has 5 rings (SSSR count). The van der Waals surface area contributed by atoms with Crippen LogP contribution in [0.2, 0.25) is 0 Å². The van der Waals surface area contributed by atoms with Gasteiger partial charge in [-0.05, 0) is 62.2 Å². The Balaban J connectivity index is 0.00000520. The lowest BCUT2D eigenvalue weighted by molar-refractivity contribution is -0.137. The summed E-state index contributed by atoms with van der Waals surface area (Å²) in [5.41, 5.74) is 5.67. The zero-order chi connectivity index (χ0) is 33.7. The molecule has 0 radical (unpaired) electrons. The van der Waals surface area contributed by atoms with Crippen LogP contribution in [0.1, 0.15) is 25.3 Å². The lowest BCUT2D eigenvalue weighted by Crippen LogP contribution is -2.49. The molecule has 1 saturated heterocycles. The van der Waals surface area contributed by atoms with Crippen molar-refractivity contribution in [1.29, 1.82) is 0 Å². The number of hydrogen-bond donors (Lipinski definition) is 4. The Kier molecular flexibility index (Phi) is 11.4. The van der Waals surface area contributed by atoms with Gasteiger partial charge in [0.1, 0.15) is 11.5 Å². The smallest absolute Gasteiger partial charge is 0.418 e. The maximum Gasteiger partial charge on any atom is 0.418 e. The Morgan fingerprint density at radius 2 is 1.60 bits per heavy atom. The van der Waals surface area contributed by atoms with E-state index in [-0.39, 0.29) is 35.7 Å². The van der Waals surface area contributed by atoms with Crippen molar-refractivity contribution in [2.24, 2.45) is 5.73 Å². The van der Waals surface area contributed by atoms with Crippen molar-refractivity contribution in [3.63, 3.8) is 0 Å². The minimum atomic E-state index is -4.67. The van der Waals surface area contributed by atoms with Crippen LogP contribution in [0.25, 0.3) is 10.9 Å². The number of carbonyl (C=O) groups is 2. The Labute approximate surface area is 281 Å². The molecule has 1 aliphatic heterocycles. The quantitative estimate of drug-likeness (QED) is 0.155. The third kappa shape index (κ3) is 8.49. The Morgan fingerprint density at radius 3 is 2.25 bits per heavy atom. The van der Waals surface area contributed by atoms with Crippen LogP contribution in [-0.2, 0) is 11.0 Å². The largest absolute Gasteiger partial charge is 0.493 e. The van der Waals surface area contributed by atoms with Crippen LogP contribution in [-0.4, -0.2) is 56.3 Å². The van der Waals surface area contributed by atoms with E-state index in [4.69, 9.17) is 19.9 Å². The van der Waals surface area contributed by atoms with Crippen molar-refractivity contribution >= 4 is 52.3 Å². The fraction of sp³-hybridized carbons (Fsp3) is 0.303. The minimum absolute atomic E-state index is 0. The Bertz CT molecular complexity index is 1770. The molecule has 0 unspecified atom stereocenters. The van der Waals surface area contributed by atoms with Crippen molar-refractivity contribution in [2.45, 2.75) is 38.0 Å². The van der Waals surface area contributed by atoms with E-state index >= 15 is 0 Å². The molecule has 2 heterocycles. The predicted molar refractivity (Wildman–Crippen MR) is 180 cm³/mol. The second kappa shape index (κ2) is 15.3. The third-order valence-corrected chi connectivity index (χ3v) is 7.68. The number of amides is 3. The number of benzene rings is 3. The van der Waals surface area contributed by atoms with Crippen LogP contribution in [0.15, 0.2) is 66.9 Å². The molecule has 3 amide bonds. The molecule has 48 heavy (non-hydrogen) atoms. The molecule has 5 N–H and O–H groups in total. The molecule has 11 nitrogen and oxygen atoms in total. The molecule has 4 aromatic rings. The van der Waals surface area contributed by atoms with Gasteiger partial charge in [-0.1, -0.05) is 6.07 Å². The second-order valence-corrected chi connectivity index (χ2v) is 11.0. The van der Waals surface area contributed by atoms with Gasteiger partial charge in [0.2, 0.25) is 5.91 Å². The second-order valence-electron chi connectivity index (χ2n) is 11.0. The maximum absolute atomic E-state index is 14.1. The van der Waals surface area contributed by atoms with Gasteiger partial charge in [0.05, 0.1) is 31.3 Å². The lowest BCUT2D eigenvalue weighted by atomic mass is 10.0. The number of nitrogens with zero attached hydrogens (tertiary/aromatic N) is 2. The monoisotopic (exact) mass is 688 g/mol. The van der Waals surface area contributed by atoms with E-state index in [0.29, 0.717) is 65.5 Å². The van der Waals surface area contributed by atoms with Gasteiger partial charge in [0.15, 0.2) is 11.5 Å². The van der Waals surface area contributed by atoms with Gasteiger partial charge in [-0.2, -0.15) is 13.2 Å². The summed E-state index contributed by atoms with van der Waals surface area (Å²) in [4.78, 5) is 30.7. The minimum Gasteiger partial charge on any atom is -0.493 e. The number of ether oxygens (including phenoxy) is 3. The van der Waals surface area contributed by atoms with Gasteiger partial charge in [-0.15, -0.1) is 12.4 Å². The molecule has 0 saturated carbocycles. The summed E-state index contributed by atoms with van der Waals surface area (Å²) in [6.07, 6.45) is -2.13. The zero-order valence-electron chi connectivity index (χ0n) is 26.4. The zero-order valence-corrected chi connectivity index (χ0v) is 27.2. The highest BCUT2D eigenvalue weighted by Crippen LogP contribution is 2.40. The molecule has 0 bridgehead atoms. The van der Waals surface area contributed by atoms with Crippen LogP contribution in [0.5, 0.6) is 23.0 Å². The molecule has 0 spiro atoms. The first-order valence-corrected chi connectivity index (χ1v) is 14.8. The van der Waals surface area contributed by atoms with E-state index in [1.165, 1.54) is 26.4 Å². The number of methoxy groups -OCH3 is 2. The van der Waals surface area contributed by atoms with E-state index in [9.17, 15) is 22.8 Å². The van der Waals surface area contributed by atoms with E-state index in [2.05, 4.69) is 20.9 Å². The summed E-state index contributed by atoms with van der Waals surface area (Å²) < 4.78 is 59.3. The summed E-state index contributed by atoms with van der Waals surface area (Å²) >= 11 is 0. The number of aromatic nitrogens is 1. The van der Waals surface area contributed by atoms with Crippen LogP contribution >= 0.6 is 12.4 Å². The maximum atomic E-state index is 14.1. The molecule has 15 heteroatoms. The predicted octanol–water partition coefficient (Wildman–Crippen LogP) is 6.56. The molecule has 1 aromatic heterocycles. The number of hydrogen-bond acceptors (Lipinski definition) is 8. The van der Waals surface area contributed by atoms with E-state index in [0.717, 1.165) is 6.07 Å². The van der Waals surface area contributed by atoms with E-state index in [1.54, 1.807) is 60.5 Å². The SMILES string of the molecule is COc1cc2nccc(Oc3cccc(NC(=O)Nc4ccc(N5CCC(NC(=O)[C@@H](C)N)CC5)c(C(F)(F)F)c4)c3)c2cc1OC.Cl. The summed E-state index contributed by atoms with van der Waals surface area (Å²) in [6.45, 7) is 2.20. The molecule has 1 fully saturated rings. The van der Waals surface area contributed by atoms with Gasteiger partial charge < -0.3 is 40.8 Å². The van der Waals surface area contributed by atoms with Crippen LogP contribution in [0, 0.1) is 0 Å². The summed E-state index contributed by atoms with van der Waals surface area (Å²) in [6, 6.07) is 13.8. The number of anilines is 3. The number of alkyl halides is 3. The van der Waals surface area contributed by atoms with Crippen LogP contribution in [0.4, 0.5) is 35.0 Å². The topological polar surface area (TPSA) is 140 Å². The van der Waals surface area contributed by atoms with Gasteiger partial charge in [-0.25, -0.2) is 4.79 Å². The first-order chi connectivity index (χ1) is 22.4. The number of carbonyl (C=O) groups excluding carboxylic acids is 2. The molecule has 1 atom stereocenters. The summed E-state index contributed by atoms with van der Waals surface area (Å²) in [7, 11) is 3.06. The highest BCUT2D eigenvalue weighted by molar-refractivity contribution is 6.00. The van der Waals surface area contributed by atoms with E-state index < -0.39 is 23.8 Å². The fourth-order valence-corrected chi connectivity index (χ4v) is 5.31. The summed E-state index contributed by atoms with van der Waals surface area (Å²) in [5.74, 6) is 1.60. The molecular formula is C33H36ClF3N6O5.